The van der Waals surface area contributed by atoms with E-state index in [4.69, 9.17) is 0 Å². The Morgan fingerprint density at radius 2 is 1.21 bits per heavy atom. The summed E-state index contributed by atoms with van der Waals surface area (Å²) in [5.41, 5.74) is 0. The van der Waals surface area contributed by atoms with Gasteiger partial charge in [-0.05, 0) is 35.6 Å². The van der Waals surface area contributed by atoms with Gasteiger partial charge >= 0.3 is 0 Å². The van der Waals surface area contributed by atoms with Gasteiger partial charge < -0.3 is 9.46 Å². The molecule has 1 aromatic heterocycles. The van der Waals surface area contributed by atoms with E-state index in [2.05, 4.69) is 18.2 Å². The zero-order chi connectivity index (χ0) is 19.8. The molecule has 5 rings (SSSR count). The fraction of sp³-hybridized carbons (Fsp3) is 0. The molecule has 2 nitrogen and oxygen atoms in total. The second-order valence-electron chi connectivity index (χ2n) is 6.89. The summed E-state index contributed by atoms with van der Waals surface area (Å²) in [7, 11) is -3.23. The van der Waals surface area contributed by atoms with Crippen molar-refractivity contribution < 1.29 is 9.46 Å². The first-order valence-electron chi connectivity index (χ1n) is 9.28. The van der Waals surface area contributed by atoms with Gasteiger partial charge in [0.15, 0.2) is 7.14 Å². The van der Waals surface area contributed by atoms with Crippen molar-refractivity contribution >= 4 is 68.7 Å². The zero-order valence-corrected chi connectivity index (χ0v) is 18.2. The molecule has 5 heteroatoms. The molecule has 0 aliphatic carbocycles. The summed E-state index contributed by atoms with van der Waals surface area (Å²) in [6.45, 7) is 0. The zero-order valence-electron chi connectivity index (χ0n) is 15.4. The van der Waals surface area contributed by atoms with Crippen molar-refractivity contribution in [3.8, 4) is 0 Å². The Kier molecular flexibility index (Phi) is 4.86. The first-order valence-corrected chi connectivity index (χ1v) is 12.8. The predicted molar refractivity (Wildman–Crippen MR) is 129 cm³/mol. The van der Waals surface area contributed by atoms with Gasteiger partial charge in [0.05, 0.1) is 0 Å². The second kappa shape index (κ2) is 7.52. The van der Waals surface area contributed by atoms with E-state index in [1.807, 2.05) is 78.9 Å². The van der Waals surface area contributed by atoms with Crippen molar-refractivity contribution in [2.24, 2.45) is 0 Å². The van der Waals surface area contributed by atoms with Crippen LogP contribution in [0.25, 0.3) is 20.2 Å². The summed E-state index contributed by atoms with van der Waals surface area (Å²) >= 11 is 1.72. The normalized spacial score (nSPS) is 12.3. The molecule has 0 spiro atoms. The first-order chi connectivity index (χ1) is 14.2. The van der Waals surface area contributed by atoms with Crippen LogP contribution >= 0.6 is 27.3 Å². The van der Waals surface area contributed by atoms with Gasteiger partial charge in [0.1, 0.15) is 0 Å². The van der Waals surface area contributed by atoms with E-state index in [1.54, 1.807) is 11.3 Å². The van der Waals surface area contributed by atoms with Crippen LogP contribution in [0, 0.1) is 0 Å². The highest BCUT2D eigenvalue weighted by Crippen LogP contribution is 2.44. The highest BCUT2D eigenvalue weighted by Gasteiger charge is 2.29. The summed E-state index contributed by atoms with van der Waals surface area (Å²) in [6, 6.07) is 31.7. The minimum Gasteiger partial charge on any atom is -0.372 e. The van der Waals surface area contributed by atoms with E-state index >= 15 is 0 Å². The lowest BCUT2D eigenvalue weighted by molar-refractivity contribution is 0.592. The molecule has 0 bridgehead atoms. The topological polar surface area (TPSA) is 37.3 Å². The number of hydrogen-bond donors (Lipinski definition) is 1. The van der Waals surface area contributed by atoms with Crippen LogP contribution in [0.1, 0.15) is 0 Å². The van der Waals surface area contributed by atoms with Gasteiger partial charge in [0, 0.05) is 44.9 Å². The highest BCUT2D eigenvalue weighted by molar-refractivity contribution is 7.85. The maximum Gasteiger partial charge on any atom is 0.171 e. The van der Waals surface area contributed by atoms with Gasteiger partial charge in [0.2, 0.25) is 0 Å². The van der Waals surface area contributed by atoms with Gasteiger partial charge in [-0.25, -0.2) is 0 Å². The maximum atomic E-state index is 14.6. The van der Waals surface area contributed by atoms with Crippen molar-refractivity contribution in [2.45, 2.75) is 0 Å². The van der Waals surface area contributed by atoms with Gasteiger partial charge in [-0.2, -0.15) is 0 Å². The molecule has 4 aromatic carbocycles. The molecule has 1 atom stereocenters. The molecule has 0 aliphatic rings. The number of benzene rings is 4. The van der Waals surface area contributed by atoms with Crippen molar-refractivity contribution in [1.29, 1.82) is 0 Å². The molecular weight excluding hydrogens is 414 g/mol. The van der Waals surface area contributed by atoms with Crippen molar-refractivity contribution in [3.63, 3.8) is 0 Å². The van der Waals surface area contributed by atoms with Gasteiger partial charge in [-0.1, -0.05) is 66.7 Å². The molecule has 0 aliphatic heterocycles. The average molecular weight is 432 g/mol. The number of rotatable bonds is 4. The third kappa shape index (κ3) is 3.16. The molecule has 0 saturated carbocycles. The number of fused-ring (bicyclic) bond motifs is 3. The lowest BCUT2D eigenvalue weighted by Gasteiger charge is -2.20. The standard InChI is InChI=1S/C24H18O2P2S/c25-27-17-11-13-23-21(15-17)22-16-20(12-14-24(22)29-23)28(26,18-7-3-1-4-8-18)19-9-5-2-6-10-19/h1-16,25,27H. The lowest BCUT2D eigenvalue weighted by Crippen LogP contribution is -2.24. The minimum atomic E-state index is -3.00. The van der Waals surface area contributed by atoms with Crippen molar-refractivity contribution in [3.05, 3.63) is 97.1 Å². The van der Waals surface area contributed by atoms with E-state index in [-0.39, 0.29) is 8.81 Å². The van der Waals surface area contributed by atoms with E-state index < -0.39 is 7.14 Å². The Morgan fingerprint density at radius 1 is 0.655 bits per heavy atom. The fourth-order valence-electron chi connectivity index (χ4n) is 3.75. The monoisotopic (exact) mass is 432 g/mol. The second-order valence-corrected chi connectivity index (χ2v) is 11.5. The minimum absolute atomic E-state index is 0.232. The van der Waals surface area contributed by atoms with E-state index in [9.17, 15) is 9.46 Å². The fourth-order valence-corrected chi connectivity index (χ4v) is 7.86. The Balaban J connectivity index is 1.80. The molecule has 5 aromatic rings. The molecule has 0 saturated heterocycles. The van der Waals surface area contributed by atoms with Gasteiger partial charge in [0.25, 0.3) is 0 Å². The SMILES string of the molecule is O=P(c1ccccc1)(c1ccccc1)c1ccc2sc3ccc(PO)cc3c2c1. The smallest absolute Gasteiger partial charge is 0.171 e. The van der Waals surface area contributed by atoms with E-state index in [0.717, 1.165) is 36.7 Å². The summed E-state index contributed by atoms with van der Waals surface area (Å²) in [6.07, 6.45) is 0. The lowest BCUT2D eigenvalue weighted by atomic mass is 10.1. The molecule has 1 unspecified atom stereocenters. The maximum absolute atomic E-state index is 14.6. The molecule has 1 heterocycles. The summed E-state index contributed by atoms with van der Waals surface area (Å²) in [5.74, 6) is 0. The average Bonchev–Trinajstić information content (AvgIpc) is 3.16. The molecule has 0 fully saturated rings. The van der Waals surface area contributed by atoms with Crippen LogP contribution in [-0.4, -0.2) is 4.89 Å². The van der Waals surface area contributed by atoms with Crippen LogP contribution in [0.15, 0.2) is 97.1 Å². The Bertz CT molecular complexity index is 1320. The molecule has 142 valence electrons. The number of thiophene rings is 1. The number of hydrogen-bond acceptors (Lipinski definition) is 3. The summed E-state index contributed by atoms with van der Waals surface area (Å²) in [5, 5.41) is 5.62. The van der Waals surface area contributed by atoms with Gasteiger partial charge in [-0.3, -0.25) is 0 Å². The molecule has 0 amide bonds. The van der Waals surface area contributed by atoms with Gasteiger partial charge in [-0.15, -0.1) is 11.3 Å². The summed E-state index contributed by atoms with van der Waals surface area (Å²) < 4.78 is 16.9. The first kappa shape index (κ1) is 18.7. The molecule has 0 radical (unpaired) electrons. The van der Waals surface area contributed by atoms with Crippen LogP contribution in [0.3, 0.4) is 0 Å². The third-order valence-corrected chi connectivity index (χ3v) is 9.96. The third-order valence-electron chi connectivity index (χ3n) is 5.19. The van der Waals surface area contributed by atoms with Crippen LogP contribution in [0.4, 0.5) is 0 Å². The van der Waals surface area contributed by atoms with Crippen molar-refractivity contribution in [1.82, 2.24) is 0 Å². The van der Waals surface area contributed by atoms with Crippen LogP contribution < -0.4 is 21.2 Å². The van der Waals surface area contributed by atoms with Crippen LogP contribution in [0.2, 0.25) is 0 Å². The van der Waals surface area contributed by atoms with E-state index in [0.29, 0.717) is 0 Å². The van der Waals surface area contributed by atoms with Crippen LogP contribution in [0.5, 0.6) is 0 Å². The Morgan fingerprint density at radius 3 is 1.79 bits per heavy atom. The Hall–Kier alpha value is -2.28. The summed E-state index contributed by atoms with van der Waals surface area (Å²) in [4.78, 5) is 9.57. The quantitative estimate of drug-likeness (QED) is 0.410. The Labute approximate surface area is 175 Å². The van der Waals surface area contributed by atoms with E-state index in [1.165, 1.54) is 4.70 Å². The predicted octanol–water partition coefficient (Wildman–Crippen LogP) is 4.91. The van der Waals surface area contributed by atoms with Crippen LogP contribution in [-0.2, 0) is 4.57 Å². The molecular formula is C24H18O2P2S. The van der Waals surface area contributed by atoms with Crippen molar-refractivity contribution in [2.75, 3.05) is 0 Å². The molecule has 29 heavy (non-hydrogen) atoms. The largest absolute Gasteiger partial charge is 0.372 e. The highest BCUT2D eigenvalue weighted by atomic mass is 32.1. The molecule has 1 N–H and O–H groups in total.